The van der Waals surface area contributed by atoms with Crippen molar-refractivity contribution in [1.82, 2.24) is 4.90 Å². The number of nitrogens with one attached hydrogen (secondary N) is 1. The van der Waals surface area contributed by atoms with Gasteiger partial charge in [-0.3, -0.25) is 9.52 Å². The zero-order chi connectivity index (χ0) is 15.5. The van der Waals surface area contributed by atoms with E-state index in [1.165, 1.54) is 6.42 Å². The van der Waals surface area contributed by atoms with Gasteiger partial charge in [0, 0.05) is 23.8 Å². The molecule has 0 spiro atoms. The average molecular weight is 310 g/mol. The summed E-state index contributed by atoms with van der Waals surface area (Å²) in [6.07, 6.45) is 5.37. The number of amides is 1. The highest BCUT2D eigenvalue weighted by Crippen LogP contribution is 2.22. The van der Waals surface area contributed by atoms with Gasteiger partial charge in [0.15, 0.2) is 0 Å². The Hall–Kier alpha value is -1.56. The lowest BCUT2D eigenvalue weighted by molar-refractivity contribution is 0.0608. The van der Waals surface area contributed by atoms with Crippen molar-refractivity contribution >= 4 is 21.6 Å². The van der Waals surface area contributed by atoms with E-state index >= 15 is 0 Å². The van der Waals surface area contributed by atoms with Gasteiger partial charge in [-0.25, -0.2) is 8.42 Å². The fraction of sp³-hybridized carbons (Fsp3) is 0.533. The van der Waals surface area contributed by atoms with Gasteiger partial charge in [0.25, 0.3) is 5.91 Å². The summed E-state index contributed by atoms with van der Waals surface area (Å²) in [5.74, 6) is 0.0347. The minimum atomic E-state index is -3.29. The number of hydrogen-bond acceptors (Lipinski definition) is 3. The fourth-order valence-electron chi connectivity index (χ4n) is 2.75. The van der Waals surface area contributed by atoms with Crippen molar-refractivity contribution in [3.05, 3.63) is 29.8 Å². The Bertz CT molecular complexity index is 596. The molecule has 1 saturated heterocycles. The van der Waals surface area contributed by atoms with Crippen LogP contribution < -0.4 is 4.72 Å². The number of sulfonamides is 1. The monoisotopic (exact) mass is 310 g/mol. The molecule has 0 aromatic heterocycles. The molecule has 5 nitrogen and oxygen atoms in total. The molecule has 1 heterocycles. The summed E-state index contributed by atoms with van der Waals surface area (Å²) in [6, 6.07) is 6.92. The second kappa shape index (κ2) is 6.47. The van der Waals surface area contributed by atoms with E-state index in [-0.39, 0.29) is 5.91 Å². The van der Waals surface area contributed by atoms with Gasteiger partial charge in [-0.1, -0.05) is 6.92 Å². The van der Waals surface area contributed by atoms with Crippen LogP contribution in [0.5, 0.6) is 0 Å². The summed E-state index contributed by atoms with van der Waals surface area (Å²) in [5.41, 5.74) is 1.08. The van der Waals surface area contributed by atoms with Gasteiger partial charge < -0.3 is 4.90 Å². The molecule has 1 aromatic rings. The van der Waals surface area contributed by atoms with Crippen molar-refractivity contribution in [3.63, 3.8) is 0 Å². The molecular formula is C15H22N2O3S. The number of hydrogen-bond donors (Lipinski definition) is 1. The van der Waals surface area contributed by atoms with Crippen LogP contribution in [0.1, 0.15) is 43.0 Å². The molecule has 1 fully saturated rings. The largest absolute Gasteiger partial charge is 0.336 e. The van der Waals surface area contributed by atoms with Gasteiger partial charge in [-0.15, -0.1) is 0 Å². The summed E-state index contributed by atoms with van der Waals surface area (Å²) in [6.45, 7) is 2.91. The summed E-state index contributed by atoms with van der Waals surface area (Å²) < 4.78 is 24.7. The van der Waals surface area contributed by atoms with E-state index < -0.39 is 10.0 Å². The highest BCUT2D eigenvalue weighted by Gasteiger charge is 2.25. The third-order valence-electron chi connectivity index (χ3n) is 3.79. The van der Waals surface area contributed by atoms with Gasteiger partial charge in [-0.05, 0) is 49.9 Å². The average Bonchev–Trinajstić information content (AvgIpc) is 2.45. The molecule has 1 aromatic carbocycles. The first-order valence-electron chi connectivity index (χ1n) is 7.29. The van der Waals surface area contributed by atoms with Crippen LogP contribution >= 0.6 is 0 Å². The first-order chi connectivity index (χ1) is 9.90. The minimum Gasteiger partial charge on any atom is -0.336 e. The summed E-state index contributed by atoms with van der Waals surface area (Å²) >= 11 is 0. The van der Waals surface area contributed by atoms with Crippen molar-refractivity contribution in [2.24, 2.45) is 0 Å². The van der Waals surface area contributed by atoms with Gasteiger partial charge >= 0.3 is 0 Å². The van der Waals surface area contributed by atoms with Crippen molar-refractivity contribution in [1.29, 1.82) is 0 Å². The first-order valence-corrected chi connectivity index (χ1v) is 9.18. The van der Waals surface area contributed by atoms with E-state index in [2.05, 4.69) is 11.6 Å². The predicted molar refractivity (Wildman–Crippen MR) is 83.9 cm³/mol. The number of carbonyl (C=O) groups is 1. The molecule has 1 atom stereocenters. The Morgan fingerprint density at radius 1 is 1.29 bits per heavy atom. The van der Waals surface area contributed by atoms with E-state index in [1.807, 2.05) is 4.90 Å². The third kappa shape index (κ3) is 4.20. The number of piperidine rings is 1. The lowest BCUT2D eigenvalue weighted by Gasteiger charge is -2.35. The zero-order valence-corrected chi connectivity index (χ0v) is 13.3. The van der Waals surface area contributed by atoms with Crippen molar-refractivity contribution in [2.75, 3.05) is 17.5 Å². The van der Waals surface area contributed by atoms with E-state index in [9.17, 15) is 13.2 Å². The molecule has 0 bridgehead atoms. The SMILES string of the molecule is CC[C@@H]1CCCCN1C(=O)c1ccc(NS(C)(=O)=O)cc1. The van der Waals surface area contributed by atoms with Gasteiger partial charge in [0.05, 0.1) is 6.26 Å². The minimum absolute atomic E-state index is 0.0347. The third-order valence-corrected chi connectivity index (χ3v) is 4.40. The molecule has 0 aliphatic carbocycles. The van der Waals surface area contributed by atoms with Gasteiger partial charge in [0.1, 0.15) is 0 Å². The summed E-state index contributed by atoms with van der Waals surface area (Å²) in [7, 11) is -3.29. The quantitative estimate of drug-likeness (QED) is 0.929. The van der Waals surface area contributed by atoms with Crippen LogP contribution in [0.25, 0.3) is 0 Å². The van der Waals surface area contributed by atoms with E-state index in [0.717, 1.165) is 32.1 Å². The van der Waals surface area contributed by atoms with Gasteiger partial charge in [-0.2, -0.15) is 0 Å². The molecular weight excluding hydrogens is 288 g/mol. The highest BCUT2D eigenvalue weighted by molar-refractivity contribution is 7.92. The number of anilines is 1. The Labute approximate surface area is 126 Å². The summed E-state index contributed by atoms with van der Waals surface area (Å²) in [4.78, 5) is 14.5. The molecule has 0 unspecified atom stereocenters. The molecule has 2 rings (SSSR count). The lowest BCUT2D eigenvalue weighted by Crippen LogP contribution is -2.43. The Kier molecular flexibility index (Phi) is 4.88. The van der Waals surface area contributed by atoms with Crippen LogP contribution in [0.3, 0.4) is 0 Å². The summed E-state index contributed by atoms with van der Waals surface area (Å²) in [5, 5.41) is 0. The van der Waals surface area contributed by atoms with E-state index in [4.69, 9.17) is 0 Å². The number of nitrogens with zero attached hydrogens (tertiary/aromatic N) is 1. The maximum absolute atomic E-state index is 12.6. The van der Waals surface area contributed by atoms with Crippen LogP contribution in [-0.2, 0) is 10.0 Å². The number of rotatable bonds is 4. The Morgan fingerprint density at radius 2 is 1.95 bits per heavy atom. The smallest absolute Gasteiger partial charge is 0.254 e. The fourth-order valence-corrected chi connectivity index (χ4v) is 3.32. The molecule has 1 aliphatic heterocycles. The molecule has 1 amide bonds. The normalized spacial score (nSPS) is 19.3. The number of benzene rings is 1. The Morgan fingerprint density at radius 3 is 2.52 bits per heavy atom. The van der Waals surface area contributed by atoms with Crippen molar-refractivity contribution in [2.45, 2.75) is 38.6 Å². The van der Waals surface area contributed by atoms with Crippen LogP contribution in [0, 0.1) is 0 Å². The van der Waals surface area contributed by atoms with E-state index in [1.54, 1.807) is 24.3 Å². The van der Waals surface area contributed by atoms with Crippen LogP contribution in [0.2, 0.25) is 0 Å². The van der Waals surface area contributed by atoms with Crippen molar-refractivity contribution < 1.29 is 13.2 Å². The molecule has 0 radical (unpaired) electrons. The molecule has 21 heavy (non-hydrogen) atoms. The van der Waals surface area contributed by atoms with Gasteiger partial charge in [0.2, 0.25) is 10.0 Å². The molecule has 116 valence electrons. The van der Waals surface area contributed by atoms with Crippen molar-refractivity contribution in [3.8, 4) is 0 Å². The maximum Gasteiger partial charge on any atom is 0.254 e. The first kappa shape index (κ1) is 15.8. The molecule has 0 saturated carbocycles. The second-order valence-corrected chi connectivity index (χ2v) is 7.26. The molecule has 1 N–H and O–H groups in total. The highest BCUT2D eigenvalue weighted by atomic mass is 32.2. The van der Waals surface area contributed by atoms with Crippen LogP contribution in [0.4, 0.5) is 5.69 Å². The molecule has 6 heteroatoms. The zero-order valence-electron chi connectivity index (χ0n) is 12.5. The topological polar surface area (TPSA) is 66.5 Å². The van der Waals surface area contributed by atoms with E-state index in [0.29, 0.717) is 17.3 Å². The maximum atomic E-state index is 12.6. The standard InChI is InChI=1S/C15H22N2O3S/c1-3-14-6-4-5-11-17(14)15(18)12-7-9-13(10-8-12)16-21(2,19)20/h7-10,14,16H,3-6,11H2,1-2H3/t14-/m1/s1. The predicted octanol–water partition coefficient (Wildman–Crippen LogP) is 2.46. The van der Waals surface area contributed by atoms with Crippen LogP contribution in [0.15, 0.2) is 24.3 Å². The number of carbonyl (C=O) groups excluding carboxylic acids is 1. The van der Waals surface area contributed by atoms with Crippen LogP contribution in [-0.4, -0.2) is 38.1 Å². The molecule has 1 aliphatic rings. The Balaban J connectivity index is 2.12. The number of likely N-dealkylation sites (tertiary alicyclic amines) is 1. The second-order valence-electron chi connectivity index (χ2n) is 5.51. The lowest BCUT2D eigenvalue weighted by atomic mass is 9.99.